The molecule has 31 heteroatoms. The van der Waals surface area contributed by atoms with Gasteiger partial charge in [-0.3, -0.25) is 34.5 Å². The number of sulfone groups is 1. The zero-order valence-corrected chi connectivity index (χ0v) is 46.6. The Bertz CT molecular complexity index is 2610. The van der Waals surface area contributed by atoms with Gasteiger partial charge in [-0.05, 0) is 68.6 Å². The van der Waals surface area contributed by atoms with Crippen molar-refractivity contribution in [2.24, 2.45) is 5.73 Å². The minimum absolute atomic E-state index is 0. The Morgan fingerprint density at radius 1 is 0.759 bits per heavy atom. The molecule has 0 atom stereocenters. The maximum absolute atomic E-state index is 12.4. The number of hydrogen-bond acceptors (Lipinski definition) is 26. The van der Waals surface area contributed by atoms with Crippen molar-refractivity contribution >= 4 is 74.0 Å². The number of carbonyl (C=O) groups excluding carboxylic acids is 2. The molecule has 0 bridgehead atoms. The van der Waals surface area contributed by atoms with Gasteiger partial charge in [0.25, 0.3) is 6.61 Å². The van der Waals surface area contributed by atoms with Crippen molar-refractivity contribution in [3.8, 4) is 0 Å². The summed E-state index contributed by atoms with van der Waals surface area (Å²) in [5, 5.41) is 26.0. The van der Waals surface area contributed by atoms with Crippen LogP contribution in [-0.2, 0) is 70.0 Å². The summed E-state index contributed by atoms with van der Waals surface area (Å²) in [5.41, 5.74) is 17.1. The molecule has 0 spiro atoms. The zero-order valence-electron chi connectivity index (χ0n) is 45.3. The Morgan fingerprint density at radius 3 is 1.54 bits per heavy atom. The van der Waals surface area contributed by atoms with Crippen molar-refractivity contribution < 1.29 is 70.1 Å². The van der Waals surface area contributed by atoms with Crippen LogP contribution in [0.25, 0.3) is 0 Å². The molecule has 4 aromatic rings. The van der Waals surface area contributed by atoms with Crippen LogP contribution >= 0.6 is 0 Å². The number of nitro groups is 2. The minimum atomic E-state index is -3.95. The topological polar surface area (TPSA) is 372 Å². The molecule has 4 aromatic heterocycles. The zero-order chi connectivity index (χ0) is 56.2. The van der Waals surface area contributed by atoms with E-state index in [1.807, 2.05) is 17.9 Å². The molecule has 0 unspecified atom stereocenters. The number of ether oxygens (including phenoxy) is 4. The Labute approximate surface area is 475 Å². The van der Waals surface area contributed by atoms with Gasteiger partial charge in [0, 0.05) is 83.0 Å². The van der Waals surface area contributed by atoms with Crippen molar-refractivity contribution in [1.29, 1.82) is 1.45 Å². The standard InChI is InChI=1S/C22H32N8O5.C19H25N7O7S.C4H11N.2CH4.CH3.FH.V/c1-3-5-7-25-22-26-20(23)19(30(32)33)21(27-22)29(15-18(31)35-4-2)14-16-6-8-24-17(13-16)28-9-11-34-12-10-28;1-3-33-15(27)12-25(11-13-4-5-21-14(10-13)24-6-8-32-9-7-24)18-16(26(28)29)17(20)22-19(23-18)34(2,30)31;1-2-3-4-5;;;;;/h6,8,13H,3-5,7,9-12,14-15H2,1-2H3,(H3,23,25,26,27);4-5,10H,3,6-9,11-12H2,1-2H3,(H2,20,22,23);2-5H2,1H3;2*1H4;1H3;1H;/q;;;;;-1;;/i/hD. The maximum Gasteiger partial charge on any atom is 0.353 e. The number of nitrogens with one attached hydrogen (secondary N) is 1. The molecule has 79 heavy (non-hydrogen) atoms. The summed E-state index contributed by atoms with van der Waals surface area (Å²) < 4.78 is 58.0. The molecule has 2 aliphatic rings. The van der Waals surface area contributed by atoms with Crippen molar-refractivity contribution in [1.82, 2.24) is 29.9 Å². The number of carbonyl (C=O) groups is 2. The minimum Gasteiger partial charge on any atom is -0.465 e. The fourth-order valence-electron chi connectivity index (χ4n) is 7.14. The van der Waals surface area contributed by atoms with E-state index >= 15 is 0 Å². The number of anilines is 7. The normalized spacial score (nSPS) is 12.6. The van der Waals surface area contributed by atoms with Crippen molar-refractivity contribution in [2.45, 2.75) is 86.5 Å². The summed E-state index contributed by atoms with van der Waals surface area (Å²) in [5.74, 6) is -1.00. The molecule has 443 valence electrons. The Hall–Kier alpha value is -6.86. The quantitative estimate of drug-likeness (QED) is 0.0194. The third-order valence-corrected chi connectivity index (χ3v) is 11.6. The largest absolute Gasteiger partial charge is 0.465 e. The number of esters is 2. The van der Waals surface area contributed by atoms with E-state index in [9.17, 15) is 38.2 Å². The molecule has 6 heterocycles. The maximum atomic E-state index is 12.4. The van der Waals surface area contributed by atoms with Crippen molar-refractivity contribution in [3.05, 3.63) is 75.4 Å². The Balaban J connectivity index is 0. The van der Waals surface area contributed by atoms with Gasteiger partial charge in [-0.15, -0.1) is 0 Å². The van der Waals surface area contributed by atoms with E-state index in [-0.39, 0.29) is 91.3 Å². The monoisotopic (exact) mass is 1180 g/mol. The van der Waals surface area contributed by atoms with Crippen LogP contribution in [0.2, 0.25) is 0 Å². The predicted molar refractivity (Wildman–Crippen MR) is 299 cm³/mol. The molecule has 0 aromatic carbocycles. The number of morpholine rings is 2. The molecule has 28 nitrogen and oxygen atoms in total. The van der Waals surface area contributed by atoms with Crippen molar-refractivity contribution in [3.63, 3.8) is 0 Å². The number of pyridine rings is 2. The first-order chi connectivity index (χ1) is 36.4. The molecular formula is C48H80FN16O12SV-. The van der Waals surface area contributed by atoms with Crippen molar-refractivity contribution in [2.75, 3.05) is 135 Å². The summed E-state index contributed by atoms with van der Waals surface area (Å²) in [4.78, 5) is 78.5. The van der Waals surface area contributed by atoms with E-state index < -0.39 is 66.3 Å². The molecule has 6 rings (SSSR count). The van der Waals surface area contributed by atoms with Gasteiger partial charge < -0.3 is 68.5 Å². The number of rotatable bonds is 23. The second kappa shape index (κ2) is 37.9. The van der Waals surface area contributed by atoms with Gasteiger partial charge in [-0.25, -0.2) is 18.4 Å². The number of unbranched alkanes of at least 4 members (excludes halogenated alkanes) is 2. The van der Waals surface area contributed by atoms with E-state index in [0.29, 0.717) is 70.5 Å². The summed E-state index contributed by atoms with van der Waals surface area (Å²) >= 11 is 0. The molecule has 0 amide bonds. The summed E-state index contributed by atoms with van der Waals surface area (Å²) in [6.07, 6.45) is 8.30. The van der Waals surface area contributed by atoms with Gasteiger partial charge in [-0.1, -0.05) is 41.5 Å². The fourth-order valence-corrected chi connectivity index (χ4v) is 7.66. The first-order valence-corrected chi connectivity index (χ1v) is 26.0. The summed E-state index contributed by atoms with van der Waals surface area (Å²) in [7, 11) is -3.95. The molecule has 2 fully saturated rings. The Morgan fingerprint density at radius 2 is 1.18 bits per heavy atom. The predicted octanol–water partition coefficient (Wildman–Crippen LogP) is 4.77. The molecule has 0 saturated carbocycles. The van der Waals surface area contributed by atoms with Crippen LogP contribution in [0, 0.1) is 27.7 Å². The first kappa shape index (κ1) is 72.1. The SMILES string of the molecule is C.C.CCCCN.CCCCNc1nc(N)c([N+](=O)[O-])c(N(CC(=O)OCC)Cc2ccnc(N3CCOCC3)c2)n1.CCOC(=O)CN(Cc1ccnc(N2CCOCC2)c1)c1nc(S(C)(=O)=O)nc(N)c1[N+](=O)[O-].[2H]F.[CH3-].[V]. The second-order valence-corrected chi connectivity index (χ2v) is 18.4. The van der Waals surface area contributed by atoms with Gasteiger partial charge in [0.2, 0.25) is 39.1 Å². The smallest absolute Gasteiger partial charge is 0.353 e. The summed E-state index contributed by atoms with van der Waals surface area (Å²) in [6.45, 7) is 13.6. The molecule has 2 aliphatic heterocycles. The van der Waals surface area contributed by atoms with Crippen LogP contribution in [0.1, 0.15) is 79.4 Å². The van der Waals surface area contributed by atoms with E-state index in [2.05, 4.69) is 48.5 Å². The number of halogens is 1. The molecule has 0 aliphatic carbocycles. The number of nitrogen functional groups attached to an aromatic ring is 2. The summed E-state index contributed by atoms with van der Waals surface area (Å²) in [6, 6.07) is 7.13. The second-order valence-electron chi connectivity index (χ2n) is 16.4. The first-order valence-electron chi connectivity index (χ1n) is 24.5. The van der Waals surface area contributed by atoms with Gasteiger partial charge in [0.05, 0.1) is 49.5 Å². The fraction of sp³-hybridized carbons (Fsp3) is 0.562. The molecule has 1 radical (unpaired) electrons. The number of aromatic nitrogens is 6. The van der Waals surface area contributed by atoms with Crippen LogP contribution in [-0.4, -0.2) is 160 Å². The van der Waals surface area contributed by atoms with Crippen LogP contribution in [0.3, 0.4) is 0 Å². The number of hydrogen-bond donors (Lipinski definition) is 4. The van der Waals surface area contributed by atoms with Crippen LogP contribution in [0.15, 0.2) is 41.8 Å². The van der Waals surface area contributed by atoms with Crippen LogP contribution < -0.4 is 42.1 Å². The van der Waals surface area contributed by atoms with Gasteiger partial charge in [0.15, 0.2) is 0 Å². The Kier molecular flexibility index (Phi) is 34.6. The van der Waals surface area contributed by atoms with Crippen LogP contribution in [0.5, 0.6) is 0 Å². The van der Waals surface area contributed by atoms with Gasteiger partial charge in [0.1, 0.15) is 24.7 Å². The average molecular weight is 1180 g/mol. The third-order valence-electron chi connectivity index (χ3n) is 10.7. The number of nitrogens with two attached hydrogens (primary N) is 3. The number of nitrogens with zero attached hydrogens (tertiary/aromatic N) is 12. The van der Waals surface area contributed by atoms with Gasteiger partial charge in [-0.2, -0.15) is 19.9 Å². The van der Waals surface area contributed by atoms with E-state index in [0.717, 1.165) is 37.0 Å². The third kappa shape index (κ3) is 23.6. The van der Waals surface area contributed by atoms with Crippen LogP contribution in [0.4, 0.5) is 56.9 Å². The average Bonchev–Trinajstić information content (AvgIpc) is 3.39. The van der Waals surface area contributed by atoms with Gasteiger partial charge >= 0.3 is 23.3 Å². The van der Waals surface area contributed by atoms with E-state index in [1.165, 1.54) is 22.6 Å². The van der Waals surface area contributed by atoms with E-state index in [4.69, 9.17) is 40.9 Å². The molecule has 7 N–H and O–H groups in total. The molecule has 2 saturated heterocycles. The van der Waals surface area contributed by atoms with E-state index in [1.54, 1.807) is 44.4 Å². The molecular weight excluding hydrogens is 1090 g/mol.